The van der Waals surface area contributed by atoms with Crippen LogP contribution >= 0.6 is 0 Å². The fourth-order valence-corrected chi connectivity index (χ4v) is 4.27. The van der Waals surface area contributed by atoms with E-state index in [1.807, 2.05) is 26.0 Å². The first-order valence-electron chi connectivity index (χ1n) is 7.78. The number of benzene rings is 1. The van der Waals surface area contributed by atoms with Crippen LogP contribution in [0.3, 0.4) is 0 Å². The number of nitrogens with zero attached hydrogens (tertiary/aromatic N) is 1. The third-order valence-electron chi connectivity index (χ3n) is 4.37. The van der Waals surface area contributed by atoms with Gasteiger partial charge in [0, 0.05) is 72.1 Å². The smallest absolute Gasteiger partial charge is 0.414 e. The Balaban J connectivity index is 0.00000208. The van der Waals surface area contributed by atoms with E-state index in [4.69, 9.17) is 10.5 Å². The second kappa shape index (κ2) is 8.44. The van der Waals surface area contributed by atoms with Gasteiger partial charge in [0.2, 0.25) is 0 Å². The molecule has 0 aromatic heterocycles. The molecule has 0 bridgehead atoms. The molecule has 5 nitrogen and oxygen atoms in total. The number of cyclic esters (lactones) is 1. The summed E-state index contributed by atoms with van der Waals surface area (Å²) in [5.74, 6) is 1.34. The van der Waals surface area contributed by atoms with Crippen LogP contribution in [0.15, 0.2) is 18.2 Å². The van der Waals surface area contributed by atoms with Crippen molar-refractivity contribution in [3.63, 3.8) is 0 Å². The molecule has 2 aliphatic rings. The Kier molecular flexibility index (Phi) is 7.07. The van der Waals surface area contributed by atoms with Gasteiger partial charge in [-0.05, 0) is 54.7 Å². The molecule has 2 aliphatic heterocycles. The van der Waals surface area contributed by atoms with Crippen molar-refractivity contribution in [3.8, 4) is 0 Å². The minimum absolute atomic E-state index is 0. The molecule has 1 fully saturated rings. The fraction of sp³-hybridized carbons (Fsp3) is 0.471. The quantitative estimate of drug-likeness (QED) is 0.571. The summed E-state index contributed by atoms with van der Waals surface area (Å²) in [6, 6.07) is 4.00. The van der Waals surface area contributed by atoms with Gasteiger partial charge in [-0.15, -0.1) is 6.54 Å². The second-order valence-corrected chi connectivity index (χ2v) is 7.69. The van der Waals surface area contributed by atoms with Crippen molar-refractivity contribution in [1.82, 2.24) is 0 Å². The average Bonchev–Trinajstić information content (AvgIpc) is 2.89. The van der Waals surface area contributed by atoms with Crippen molar-refractivity contribution in [1.29, 1.82) is 0 Å². The van der Waals surface area contributed by atoms with Gasteiger partial charge in [-0.1, -0.05) is 6.08 Å². The molecule has 1 radical (unpaired) electrons. The number of anilines is 1. The van der Waals surface area contributed by atoms with Gasteiger partial charge in [-0.25, -0.2) is 4.79 Å². The molecule has 127 valence electrons. The summed E-state index contributed by atoms with van der Waals surface area (Å²) in [5, 5.41) is 0. The summed E-state index contributed by atoms with van der Waals surface area (Å²) in [6.45, 7) is 4.60. The maximum Gasteiger partial charge on any atom is 0.414 e. The molecular formula is C17H21AcN2O3S-. The number of nitrogens with one attached hydrogen (secondary N) is 1. The van der Waals surface area contributed by atoms with Gasteiger partial charge in [-0.3, -0.25) is 9.11 Å². The van der Waals surface area contributed by atoms with Gasteiger partial charge in [-0.2, -0.15) is 0 Å². The second-order valence-electron chi connectivity index (χ2n) is 6.07. The average molecular weight is 560 g/mol. The molecule has 1 aromatic carbocycles. The topological polar surface area (TPSA) is 70.4 Å². The van der Waals surface area contributed by atoms with E-state index in [9.17, 15) is 9.00 Å². The van der Waals surface area contributed by atoms with Crippen LogP contribution in [-0.4, -0.2) is 41.0 Å². The molecule has 7 heteroatoms. The molecule has 1 aromatic rings. The number of allylic oxidation sites excluding steroid dienone is 1. The molecule has 2 atom stereocenters. The molecule has 0 saturated carbocycles. The van der Waals surface area contributed by atoms with Crippen molar-refractivity contribution in [3.05, 3.63) is 40.6 Å². The van der Waals surface area contributed by atoms with E-state index in [1.165, 1.54) is 11.1 Å². The van der Waals surface area contributed by atoms with Gasteiger partial charge in [0.1, 0.15) is 6.10 Å². The van der Waals surface area contributed by atoms with Crippen LogP contribution in [0.4, 0.5) is 10.5 Å². The Morgan fingerprint density at radius 3 is 2.50 bits per heavy atom. The van der Waals surface area contributed by atoms with Gasteiger partial charge in [0.25, 0.3) is 0 Å². The van der Waals surface area contributed by atoms with E-state index in [-0.39, 0.29) is 62.8 Å². The Labute approximate surface area is 181 Å². The summed E-state index contributed by atoms with van der Waals surface area (Å²) in [5.41, 5.74) is 12.9. The van der Waals surface area contributed by atoms with Crippen molar-refractivity contribution in [2.45, 2.75) is 26.4 Å². The van der Waals surface area contributed by atoms with E-state index in [0.717, 1.165) is 29.0 Å². The maximum atomic E-state index is 12.0. The summed E-state index contributed by atoms with van der Waals surface area (Å²) in [6.07, 6.45) is 2.19. The van der Waals surface area contributed by atoms with E-state index in [2.05, 4.69) is 6.08 Å². The summed E-state index contributed by atoms with van der Waals surface area (Å²) < 4.78 is 16.7. The zero-order valence-corrected chi connectivity index (χ0v) is 19.6. The molecule has 3 rings (SSSR count). The molecule has 1 unspecified atom stereocenters. The van der Waals surface area contributed by atoms with Crippen LogP contribution in [0.2, 0.25) is 0 Å². The summed E-state index contributed by atoms with van der Waals surface area (Å²) in [7, 11) is -0.728. The van der Waals surface area contributed by atoms with Gasteiger partial charge in [0.05, 0.1) is 6.54 Å². The predicted octanol–water partition coefficient (Wildman–Crippen LogP) is 3.22. The molecule has 24 heavy (non-hydrogen) atoms. The molecule has 0 aliphatic carbocycles. The van der Waals surface area contributed by atoms with E-state index in [1.54, 1.807) is 4.90 Å². The number of ether oxygens (including phenoxy) is 1. The Hall–Kier alpha value is -0.218. The van der Waals surface area contributed by atoms with Gasteiger partial charge in [0.15, 0.2) is 0 Å². The SMILES string of the molecule is Cc1cc(N2C[C@H](C[NH-])OC2=O)cc(C)c1C1=CCS(=O)CC1.[Ac]. The largest absolute Gasteiger partial charge is 0.674 e. The standard InChI is InChI=1S/C17H21N2O3S.Ac/c1-11-7-14(19-10-15(9-18)22-17(19)20)8-12(2)16(11)13-3-5-23(21)6-4-13;/h3,7-8,15,18H,4-6,9-10H2,1-2H3;/q-1;/t15-,23?;/m0./s1. The zero-order chi connectivity index (χ0) is 16.6. The minimum Gasteiger partial charge on any atom is -0.674 e. The number of carbonyl (C=O) groups excluding carboxylic acids is 1. The molecule has 2 heterocycles. The molecule has 1 saturated heterocycles. The number of hydrogen-bond acceptors (Lipinski definition) is 3. The van der Waals surface area contributed by atoms with Gasteiger partial charge < -0.3 is 10.5 Å². The predicted molar refractivity (Wildman–Crippen MR) is 93.2 cm³/mol. The summed E-state index contributed by atoms with van der Waals surface area (Å²) in [4.78, 5) is 13.6. The normalized spacial score (nSPS) is 23.5. The third kappa shape index (κ3) is 4.12. The van der Waals surface area contributed by atoms with Crippen molar-refractivity contribution >= 4 is 28.2 Å². The van der Waals surface area contributed by atoms with E-state index < -0.39 is 10.8 Å². The van der Waals surface area contributed by atoms with E-state index >= 15 is 0 Å². The van der Waals surface area contributed by atoms with Crippen molar-refractivity contribution < 1.29 is 57.8 Å². The first kappa shape index (κ1) is 20.1. The number of hydrogen-bond donors (Lipinski definition) is 0. The Morgan fingerprint density at radius 1 is 1.33 bits per heavy atom. The van der Waals surface area contributed by atoms with Crippen LogP contribution < -0.4 is 4.90 Å². The van der Waals surface area contributed by atoms with Crippen molar-refractivity contribution in [2.75, 3.05) is 29.5 Å². The first-order valence-corrected chi connectivity index (χ1v) is 9.26. The Bertz CT molecular complexity index is 682. The van der Waals surface area contributed by atoms with Crippen LogP contribution in [0.1, 0.15) is 23.1 Å². The van der Waals surface area contributed by atoms with Crippen LogP contribution in [0.25, 0.3) is 11.3 Å². The fourth-order valence-electron chi connectivity index (χ4n) is 3.27. The molecule has 0 spiro atoms. The maximum absolute atomic E-state index is 12.0. The molecule has 1 amide bonds. The van der Waals surface area contributed by atoms with Crippen molar-refractivity contribution in [2.24, 2.45) is 0 Å². The molecule has 1 N–H and O–H groups in total. The van der Waals surface area contributed by atoms with Crippen LogP contribution in [0, 0.1) is 57.9 Å². The summed E-state index contributed by atoms with van der Waals surface area (Å²) >= 11 is 0. The number of amides is 1. The monoisotopic (exact) mass is 560 g/mol. The number of aryl methyl sites for hydroxylation is 2. The van der Waals surface area contributed by atoms with Crippen LogP contribution in [-0.2, 0) is 15.5 Å². The number of carbonyl (C=O) groups is 1. The third-order valence-corrected chi connectivity index (χ3v) is 5.56. The zero-order valence-electron chi connectivity index (χ0n) is 14.0. The minimum atomic E-state index is -0.728. The van der Waals surface area contributed by atoms with Gasteiger partial charge >= 0.3 is 6.09 Å². The van der Waals surface area contributed by atoms with E-state index in [0.29, 0.717) is 12.3 Å². The Morgan fingerprint density at radius 2 is 2.00 bits per heavy atom. The van der Waals surface area contributed by atoms with Crippen LogP contribution in [0.5, 0.6) is 0 Å². The molecular weight excluding hydrogens is 539 g/mol. The number of rotatable bonds is 3. The first-order chi connectivity index (χ1) is 11.0.